The lowest BCUT2D eigenvalue weighted by Crippen LogP contribution is -2.43. The summed E-state index contributed by atoms with van der Waals surface area (Å²) in [5.74, 6) is 0. The van der Waals surface area contributed by atoms with Crippen LogP contribution in [0.4, 0.5) is 9.59 Å². The predicted octanol–water partition coefficient (Wildman–Crippen LogP) is -0.411. The minimum absolute atomic E-state index is 0.152. The Morgan fingerprint density at radius 2 is 1.47 bits per heavy atom. The summed E-state index contributed by atoms with van der Waals surface area (Å²) in [4.78, 5) is 22.5. The molecular formula is C11H22N2O6. The summed E-state index contributed by atoms with van der Waals surface area (Å²) in [7, 11) is 0. The molecule has 4 N–H and O–H groups in total. The van der Waals surface area contributed by atoms with Crippen molar-refractivity contribution in [2.75, 3.05) is 19.8 Å². The van der Waals surface area contributed by atoms with Gasteiger partial charge in [0, 0.05) is 12.6 Å². The van der Waals surface area contributed by atoms with E-state index in [4.69, 9.17) is 19.7 Å². The molecule has 0 saturated heterocycles. The fraction of sp³-hybridized carbons (Fsp3) is 0.818. The number of alkyl carbamates (subject to hydrolysis) is 2. The van der Waals surface area contributed by atoms with Crippen LogP contribution in [-0.4, -0.2) is 60.4 Å². The van der Waals surface area contributed by atoms with Crippen LogP contribution in [0, 0.1) is 0 Å². The van der Waals surface area contributed by atoms with Crippen molar-refractivity contribution in [3.63, 3.8) is 0 Å². The summed E-state index contributed by atoms with van der Waals surface area (Å²) in [6.07, 6.45) is -2.52. The number of rotatable bonds is 7. The molecule has 0 spiro atoms. The second-order valence-electron chi connectivity index (χ2n) is 4.22. The van der Waals surface area contributed by atoms with E-state index in [0.29, 0.717) is 0 Å². The van der Waals surface area contributed by atoms with Crippen LogP contribution in [0.5, 0.6) is 0 Å². The van der Waals surface area contributed by atoms with Gasteiger partial charge in [0.05, 0.1) is 13.2 Å². The van der Waals surface area contributed by atoms with Gasteiger partial charge < -0.3 is 30.3 Å². The van der Waals surface area contributed by atoms with Gasteiger partial charge in [-0.2, -0.15) is 0 Å². The molecule has 0 saturated carbocycles. The SMILES string of the molecule is CC(CNC(=O)OC(C)CO)NC(=O)OC(C)CO. The Kier molecular flexibility index (Phi) is 8.64. The number of hydrogen-bond donors (Lipinski definition) is 4. The molecule has 0 fully saturated rings. The molecule has 0 aliphatic carbocycles. The van der Waals surface area contributed by atoms with Gasteiger partial charge in [0.2, 0.25) is 0 Å². The Balaban J connectivity index is 3.83. The Hall–Kier alpha value is -1.54. The highest BCUT2D eigenvalue weighted by Gasteiger charge is 2.13. The summed E-state index contributed by atoms with van der Waals surface area (Å²) < 4.78 is 9.54. The third-order valence-corrected chi connectivity index (χ3v) is 2.05. The van der Waals surface area contributed by atoms with E-state index in [1.54, 1.807) is 20.8 Å². The first-order valence-electron chi connectivity index (χ1n) is 6.02. The molecule has 19 heavy (non-hydrogen) atoms. The Morgan fingerprint density at radius 1 is 1.00 bits per heavy atom. The molecule has 0 heterocycles. The van der Waals surface area contributed by atoms with Crippen LogP contribution in [0.3, 0.4) is 0 Å². The van der Waals surface area contributed by atoms with E-state index in [2.05, 4.69) is 10.6 Å². The molecule has 0 rings (SSSR count). The van der Waals surface area contributed by atoms with E-state index in [1.165, 1.54) is 0 Å². The average molecular weight is 278 g/mol. The fourth-order valence-corrected chi connectivity index (χ4v) is 1.00. The van der Waals surface area contributed by atoms with Gasteiger partial charge in [-0.3, -0.25) is 0 Å². The topological polar surface area (TPSA) is 117 Å². The van der Waals surface area contributed by atoms with Crippen LogP contribution in [0.2, 0.25) is 0 Å². The van der Waals surface area contributed by atoms with E-state index in [1.807, 2.05) is 0 Å². The van der Waals surface area contributed by atoms with Gasteiger partial charge in [-0.1, -0.05) is 0 Å². The number of carbonyl (C=O) groups excluding carboxylic acids is 2. The molecule has 0 aliphatic heterocycles. The summed E-state index contributed by atoms with van der Waals surface area (Å²) >= 11 is 0. The molecule has 3 unspecified atom stereocenters. The highest BCUT2D eigenvalue weighted by Crippen LogP contribution is 1.92. The first kappa shape index (κ1) is 17.5. The molecular weight excluding hydrogens is 256 g/mol. The maximum atomic E-state index is 11.3. The second-order valence-corrected chi connectivity index (χ2v) is 4.22. The highest BCUT2D eigenvalue weighted by atomic mass is 16.6. The molecule has 2 amide bonds. The van der Waals surface area contributed by atoms with Gasteiger partial charge in [0.15, 0.2) is 0 Å². The van der Waals surface area contributed by atoms with Crippen molar-refractivity contribution in [1.82, 2.24) is 10.6 Å². The molecule has 0 bridgehead atoms. The molecule has 0 radical (unpaired) electrons. The largest absolute Gasteiger partial charge is 0.444 e. The summed E-state index contributed by atoms with van der Waals surface area (Å²) in [5.41, 5.74) is 0. The maximum absolute atomic E-state index is 11.3. The van der Waals surface area contributed by atoms with Crippen molar-refractivity contribution >= 4 is 12.2 Å². The Bertz CT molecular complexity index is 286. The van der Waals surface area contributed by atoms with Crippen LogP contribution < -0.4 is 10.6 Å². The predicted molar refractivity (Wildman–Crippen MR) is 66.7 cm³/mol. The minimum atomic E-state index is -0.674. The number of aliphatic hydroxyl groups excluding tert-OH is 2. The molecule has 0 aromatic rings. The van der Waals surface area contributed by atoms with Gasteiger partial charge in [-0.05, 0) is 20.8 Å². The number of hydrogen-bond acceptors (Lipinski definition) is 6. The van der Waals surface area contributed by atoms with Crippen LogP contribution >= 0.6 is 0 Å². The van der Waals surface area contributed by atoms with Gasteiger partial charge in [-0.15, -0.1) is 0 Å². The second kappa shape index (κ2) is 9.40. The third kappa shape index (κ3) is 9.09. The zero-order valence-corrected chi connectivity index (χ0v) is 11.4. The quantitative estimate of drug-likeness (QED) is 0.503. The van der Waals surface area contributed by atoms with Crippen molar-refractivity contribution in [2.45, 2.75) is 39.0 Å². The maximum Gasteiger partial charge on any atom is 0.407 e. The molecule has 8 nitrogen and oxygen atoms in total. The molecule has 8 heteroatoms. The number of aliphatic hydroxyl groups is 2. The van der Waals surface area contributed by atoms with Crippen LogP contribution in [-0.2, 0) is 9.47 Å². The number of ether oxygens (including phenoxy) is 2. The summed E-state index contributed by atoms with van der Waals surface area (Å²) in [6, 6.07) is -0.365. The van der Waals surface area contributed by atoms with Crippen molar-refractivity contribution in [3.05, 3.63) is 0 Å². The number of nitrogens with one attached hydrogen (secondary N) is 2. The summed E-state index contributed by atoms with van der Waals surface area (Å²) in [6.45, 7) is 4.41. The van der Waals surface area contributed by atoms with Crippen molar-refractivity contribution in [1.29, 1.82) is 0 Å². The lowest BCUT2D eigenvalue weighted by molar-refractivity contribution is 0.0633. The third-order valence-electron chi connectivity index (χ3n) is 2.05. The smallest absolute Gasteiger partial charge is 0.407 e. The number of carbonyl (C=O) groups is 2. The van der Waals surface area contributed by atoms with Crippen LogP contribution in [0.15, 0.2) is 0 Å². The first-order chi connectivity index (χ1) is 8.88. The number of amides is 2. The van der Waals surface area contributed by atoms with Gasteiger partial charge in [-0.25, -0.2) is 9.59 Å². The van der Waals surface area contributed by atoms with Crippen molar-refractivity contribution in [3.8, 4) is 0 Å². The van der Waals surface area contributed by atoms with Crippen molar-refractivity contribution < 1.29 is 29.3 Å². The lowest BCUT2D eigenvalue weighted by Gasteiger charge is -2.17. The molecule has 3 atom stereocenters. The van der Waals surface area contributed by atoms with Crippen LogP contribution in [0.1, 0.15) is 20.8 Å². The first-order valence-corrected chi connectivity index (χ1v) is 6.02. The lowest BCUT2D eigenvalue weighted by atomic mass is 10.3. The highest BCUT2D eigenvalue weighted by molar-refractivity contribution is 5.69. The van der Waals surface area contributed by atoms with E-state index < -0.39 is 24.4 Å². The van der Waals surface area contributed by atoms with E-state index in [0.717, 1.165) is 0 Å². The summed E-state index contributed by atoms with van der Waals surface area (Å²) in [5, 5.41) is 22.3. The van der Waals surface area contributed by atoms with E-state index >= 15 is 0 Å². The average Bonchev–Trinajstić information content (AvgIpc) is 2.35. The van der Waals surface area contributed by atoms with Gasteiger partial charge in [0.25, 0.3) is 0 Å². The van der Waals surface area contributed by atoms with Crippen LogP contribution in [0.25, 0.3) is 0 Å². The fourth-order valence-electron chi connectivity index (χ4n) is 1.00. The monoisotopic (exact) mass is 278 g/mol. The minimum Gasteiger partial charge on any atom is -0.444 e. The zero-order chi connectivity index (χ0) is 14.8. The standard InChI is InChI=1S/C11H22N2O6/c1-7(13-11(17)19-9(3)6-15)4-12-10(16)18-8(2)5-14/h7-9,14-15H,4-6H2,1-3H3,(H,12,16)(H,13,17). The Labute approximate surface area is 112 Å². The Morgan fingerprint density at radius 3 is 1.95 bits per heavy atom. The van der Waals surface area contributed by atoms with Crippen molar-refractivity contribution in [2.24, 2.45) is 0 Å². The van der Waals surface area contributed by atoms with E-state index in [9.17, 15) is 9.59 Å². The van der Waals surface area contributed by atoms with Gasteiger partial charge in [0.1, 0.15) is 12.2 Å². The molecule has 0 aliphatic rings. The van der Waals surface area contributed by atoms with Gasteiger partial charge >= 0.3 is 12.2 Å². The molecule has 0 aromatic carbocycles. The molecule has 0 aromatic heterocycles. The molecule has 112 valence electrons. The normalized spacial score (nSPS) is 15.0. The zero-order valence-electron chi connectivity index (χ0n) is 11.4. The van der Waals surface area contributed by atoms with E-state index in [-0.39, 0.29) is 25.8 Å².